The summed E-state index contributed by atoms with van der Waals surface area (Å²) in [5.41, 5.74) is 2.19. The van der Waals surface area contributed by atoms with E-state index in [4.69, 9.17) is 27.9 Å². The summed E-state index contributed by atoms with van der Waals surface area (Å²) in [7, 11) is 0. The maximum atomic E-state index is 12.3. The molecule has 0 aromatic carbocycles. The van der Waals surface area contributed by atoms with E-state index in [1.807, 2.05) is 17.5 Å². The lowest BCUT2D eigenvalue weighted by atomic mass is 10.2. The Kier molecular flexibility index (Phi) is 6.28. The van der Waals surface area contributed by atoms with E-state index in [1.54, 1.807) is 37.3 Å². The Morgan fingerprint density at radius 3 is 2.68 bits per heavy atom. The monoisotopic (exact) mass is 435 g/mol. The number of nitrogens with zero attached hydrogens (tertiary/aromatic N) is 2. The Labute approximate surface area is 175 Å². The molecule has 0 spiro atoms. The molecule has 1 N–H and O–H groups in total. The molecule has 3 aromatic rings. The van der Waals surface area contributed by atoms with Crippen LogP contribution in [0.4, 0.5) is 5.82 Å². The van der Waals surface area contributed by atoms with Crippen LogP contribution in [0.5, 0.6) is 0 Å². The quantitative estimate of drug-likeness (QED) is 0.574. The minimum absolute atomic E-state index is 0.155. The van der Waals surface area contributed by atoms with Crippen molar-refractivity contribution in [3.63, 3.8) is 0 Å². The van der Waals surface area contributed by atoms with Gasteiger partial charge >= 0.3 is 5.97 Å². The first-order chi connectivity index (χ1) is 13.4. The molecule has 0 fully saturated rings. The first-order valence-corrected chi connectivity index (χ1v) is 9.79. The summed E-state index contributed by atoms with van der Waals surface area (Å²) in [5, 5.41) is 5.07. The Balaban J connectivity index is 1.62. The van der Waals surface area contributed by atoms with Gasteiger partial charge in [-0.05, 0) is 43.0 Å². The zero-order valence-electron chi connectivity index (χ0n) is 15.0. The number of aromatic nitrogens is 2. The van der Waals surface area contributed by atoms with E-state index in [2.05, 4.69) is 15.3 Å². The molecule has 0 aliphatic heterocycles. The number of carbonyl (C=O) groups excluding carboxylic acids is 2. The summed E-state index contributed by atoms with van der Waals surface area (Å²) in [6.45, 7) is 2.94. The average Bonchev–Trinajstić information content (AvgIpc) is 3.21. The highest BCUT2D eigenvalue weighted by molar-refractivity contribution is 7.13. The molecule has 28 heavy (non-hydrogen) atoms. The minimum atomic E-state index is -0.635. The Morgan fingerprint density at radius 1 is 1.21 bits per heavy atom. The number of hydrogen-bond acceptors (Lipinski definition) is 6. The van der Waals surface area contributed by atoms with Gasteiger partial charge in [-0.3, -0.25) is 9.78 Å². The van der Waals surface area contributed by atoms with Gasteiger partial charge in [-0.25, -0.2) is 9.78 Å². The van der Waals surface area contributed by atoms with Crippen LogP contribution in [0.25, 0.3) is 10.6 Å². The van der Waals surface area contributed by atoms with Gasteiger partial charge in [0.05, 0.1) is 31.9 Å². The third kappa shape index (κ3) is 4.49. The largest absolute Gasteiger partial charge is 0.452 e. The van der Waals surface area contributed by atoms with Crippen molar-refractivity contribution in [1.82, 2.24) is 9.97 Å². The lowest BCUT2D eigenvalue weighted by molar-refractivity contribution is -0.119. The standard InChI is InChI=1S/C19H15Cl2N3O3S/c1-10-13(20)8-22-18(17(10)21)24-16(25)9-27-19(26)12-5-6-14(23-11(12)2)15-4-3-7-28-15/h3-8H,9H2,1-2H3,(H,22,24,25). The number of thiophene rings is 1. The van der Waals surface area contributed by atoms with E-state index in [-0.39, 0.29) is 10.8 Å². The fraction of sp³-hybridized carbons (Fsp3) is 0.158. The van der Waals surface area contributed by atoms with Gasteiger partial charge in [0.25, 0.3) is 5.91 Å². The number of halogens is 2. The zero-order valence-corrected chi connectivity index (χ0v) is 17.3. The molecule has 3 rings (SSSR count). The van der Waals surface area contributed by atoms with Gasteiger partial charge in [-0.1, -0.05) is 29.3 Å². The van der Waals surface area contributed by atoms with Crippen molar-refractivity contribution in [3.8, 4) is 10.6 Å². The smallest absolute Gasteiger partial charge is 0.340 e. The van der Waals surface area contributed by atoms with E-state index in [9.17, 15) is 9.59 Å². The molecule has 0 saturated carbocycles. The van der Waals surface area contributed by atoms with E-state index >= 15 is 0 Å². The molecule has 6 nitrogen and oxygen atoms in total. The number of hydrogen-bond donors (Lipinski definition) is 1. The van der Waals surface area contributed by atoms with Gasteiger partial charge in [0.15, 0.2) is 12.4 Å². The van der Waals surface area contributed by atoms with Crippen LogP contribution >= 0.6 is 34.5 Å². The molecule has 3 aromatic heterocycles. The van der Waals surface area contributed by atoms with Crippen LogP contribution in [0.2, 0.25) is 10.0 Å². The molecule has 1 amide bonds. The molecule has 0 atom stereocenters. The van der Waals surface area contributed by atoms with Crippen LogP contribution in [-0.4, -0.2) is 28.5 Å². The second kappa shape index (κ2) is 8.68. The third-order valence-corrected chi connectivity index (χ3v) is 5.61. The molecular formula is C19H15Cl2N3O3S. The molecule has 0 aliphatic rings. The van der Waals surface area contributed by atoms with Gasteiger partial charge in [0, 0.05) is 6.20 Å². The number of nitrogens with one attached hydrogen (secondary N) is 1. The molecule has 0 aliphatic carbocycles. The van der Waals surface area contributed by atoms with Crippen LogP contribution in [0, 0.1) is 13.8 Å². The summed E-state index contributed by atoms with van der Waals surface area (Å²) < 4.78 is 5.08. The van der Waals surface area contributed by atoms with Gasteiger partial charge in [-0.15, -0.1) is 11.3 Å². The summed E-state index contributed by atoms with van der Waals surface area (Å²) >= 11 is 13.6. The normalized spacial score (nSPS) is 10.6. The molecule has 0 bridgehead atoms. The van der Waals surface area contributed by atoms with Crippen LogP contribution in [0.1, 0.15) is 21.6 Å². The summed E-state index contributed by atoms with van der Waals surface area (Å²) in [4.78, 5) is 33.7. The second-order valence-electron chi connectivity index (χ2n) is 5.82. The predicted molar refractivity (Wildman–Crippen MR) is 110 cm³/mol. The number of esters is 1. The number of anilines is 1. The van der Waals surface area contributed by atoms with Crippen molar-refractivity contribution in [2.24, 2.45) is 0 Å². The van der Waals surface area contributed by atoms with E-state index < -0.39 is 18.5 Å². The number of aryl methyl sites for hydroxylation is 1. The van der Waals surface area contributed by atoms with Crippen LogP contribution in [-0.2, 0) is 9.53 Å². The lowest BCUT2D eigenvalue weighted by Crippen LogP contribution is -2.22. The molecule has 9 heteroatoms. The molecule has 0 radical (unpaired) electrons. The first kappa shape index (κ1) is 20.3. The second-order valence-corrected chi connectivity index (χ2v) is 7.56. The van der Waals surface area contributed by atoms with Gasteiger partial charge in [-0.2, -0.15) is 0 Å². The van der Waals surface area contributed by atoms with E-state index in [0.29, 0.717) is 21.8 Å². The number of amides is 1. The molecule has 144 valence electrons. The summed E-state index contributed by atoms with van der Waals surface area (Å²) in [6, 6.07) is 7.27. The van der Waals surface area contributed by atoms with Crippen LogP contribution in [0.3, 0.4) is 0 Å². The van der Waals surface area contributed by atoms with Crippen molar-refractivity contribution in [3.05, 3.63) is 62.7 Å². The van der Waals surface area contributed by atoms with Crippen molar-refractivity contribution >= 4 is 52.2 Å². The first-order valence-electron chi connectivity index (χ1n) is 8.16. The molecule has 0 saturated heterocycles. The zero-order chi connectivity index (χ0) is 20.3. The fourth-order valence-corrected chi connectivity index (χ4v) is 3.44. The third-order valence-electron chi connectivity index (χ3n) is 3.87. The Hall–Kier alpha value is -2.48. The van der Waals surface area contributed by atoms with Gasteiger partial charge in [0.1, 0.15) is 0 Å². The van der Waals surface area contributed by atoms with E-state index in [0.717, 1.165) is 10.6 Å². The lowest BCUT2D eigenvalue weighted by Gasteiger charge is -2.10. The van der Waals surface area contributed by atoms with Crippen molar-refractivity contribution in [2.75, 3.05) is 11.9 Å². The summed E-state index contributed by atoms with van der Waals surface area (Å²) in [5.74, 6) is -1.04. The number of rotatable bonds is 5. The van der Waals surface area contributed by atoms with Crippen LogP contribution in [0.15, 0.2) is 35.8 Å². The predicted octanol–water partition coefficient (Wildman–Crippen LogP) is 4.92. The highest BCUT2D eigenvalue weighted by Gasteiger charge is 2.16. The van der Waals surface area contributed by atoms with E-state index in [1.165, 1.54) is 6.20 Å². The Morgan fingerprint density at radius 2 is 2.00 bits per heavy atom. The van der Waals surface area contributed by atoms with Gasteiger partial charge in [0.2, 0.25) is 0 Å². The topological polar surface area (TPSA) is 81.2 Å². The molecule has 3 heterocycles. The number of carbonyl (C=O) groups is 2. The van der Waals surface area contributed by atoms with Crippen molar-refractivity contribution in [2.45, 2.75) is 13.8 Å². The van der Waals surface area contributed by atoms with Crippen molar-refractivity contribution in [1.29, 1.82) is 0 Å². The van der Waals surface area contributed by atoms with Gasteiger partial charge < -0.3 is 10.1 Å². The number of ether oxygens (including phenoxy) is 1. The maximum Gasteiger partial charge on any atom is 0.340 e. The van der Waals surface area contributed by atoms with Crippen molar-refractivity contribution < 1.29 is 14.3 Å². The van der Waals surface area contributed by atoms with Crippen LogP contribution < -0.4 is 5.32 Å². The molecular weight excluding hydrogens is 421 g/mol. The average molecular weight is 436 g/mol. The minimum Gasteiger partial charge on any atom is -0.452 e. The summed E-state index contributed by atoms with van der Waals surface area (Å²) in [6.07, 6.45) is 1.38. The highest BCUT2D eigenvalue weighted by Crippen LogP contribution is 2.28. The number of pyridine rings is 2. The molecule has 0 unspecified atom stereocenters. The highest BCUT2D eigenvalue weighted by atomic mass is 35.5. The fourth-order valence-electron chi connectivity index (χ4n) is 2.36. The Bertz CT molecular complexity index is 1040. The SMILES string of the molecule is Cc1nc(-c2cccs2)ccc1C(=O)OCC(=O)Nc1ncc(Cl)c(C)c1Cl. The maximum absolute atomic E-state index is 12.3.